The van der Waals surface area contributed by atoms with Crippen molar-refractivity contribution in [3.05, 3.63) is 121 Å². The summed E-state index contributed by atoms with van der Waals surface area (Å²) in [6.07, 6.45) is 3.29. The predicted molar refractivity (Wildman–Crippen MR) is 158 cm³/mol. The summed E-state index contributed by atoms with van der Waals surface area (Å²) >= 11 is 1.20. The van der Waals surface area contributed by atoms with Crippen LogP contribution in [0, 0.1) is 0 Å². The maximum absolute atomic E-state index is 13.9. The zero-order valence-corrected chi connectivity index (χ0v) is 24.1. The van der Waals surface area contributed by atoms with Crippen LogP contribution in [0.2, 0.25) is 0 Å². The van der Waals surface area contributed by atoms with E-state index < -0.39 is 18.0 Å². The fraction of sp³-hybridized carbons (Fsp3) is 0.188. The molecule has 0 bridgehead atoms. The summed E-state index contributed by atoms with van der Waals surface area (Å²) in [5.41, 5.74) is 2.24. The number of benzene rings is 2. The summed E-state index contributed by atoms with van der Waals surface area (Å²) in [6.45, 7) is 7.67. The van der Waals surface area contributed by atoms with E-state index in [9.17, 15) is 14.4 Å². The van der Waals surface area contributed by atoms with E-state index in [1.807, 2.05) is 18.2 Å². The van der Waals surface area contributed by atoms with Gasteiger partial charge >= 0.3 is 11.9 Å². The topological polar surface area (TPSA) is 109 Å². The Bertz CT molecular complexity index is 1880. The summed E-state index contributed by atoms with van der Waals surface area (Å²) < 4.78 is 23.7. The molecule has 3 heterocycles. The van der Waals surface area contributed by atoms with Gasteiger partial charge < -0.3 is 18.6 Å². The Hall–Kier alpha value is -4.96. The minimum atomic E-state index is -0.746. The lowest BCUT2D eigenvalue weighted by molar-refractivity contribution is -0.139. The smallest absolute Gasteiger partial charge is 0.338 e. The molecule has 1 atom stereocenters. The van der Waals surface area contributed by atoms with Crippen LogP contribution in [-0.4, -0.2) is 36.8 Å². The van der Waals surface area contributed by atoms with Gasteiger partial charge in [-0.3, -0.25) is 9.36 Å². The molecule has 4 aromatic rings. The van der Waals surface area contributed by atoms with Crippen LogP contribution in [0.5, 0.6) is 5.75 Å². The SMILES string of the molecule is C=CCOc1ccc([C@H]2C(C(=O)OCC)=C(C)N=c3s/c(=C\c4ccc(-c5cccc(C(=O)OC)c5)o4)c(=O)n32)cc1. The lowest BCUT2D eigenvalue weighted by Crippen LogP contribution is -2.39. The van der Waals surface area contributed by atoms with Crippen molar-refractivity contribution in [3.63, 3.8) is 0 Å². The highest BCUT2D eigenvalue weighted by atomic mass is 32.1. The first-order valence-electron chi connectivity index (χ1n) is 13.2. The number of esters is 2. The largest absolute Gasteiger partial charge is 0.490 e. The minimum absolute atomic E-state index is 0.185. The van der Waals surface area contributed by atoms with Gasteiger partial charge in [-0.05, 0) is 55.8 Å². The third kappa shape index (κ3) is 5.61. The van der Waals surface area contributed by atoms with Gasteiger partial charge in [-0.15, -0.1) is 0 Å². The number of ether oxygens (including phenoxy) is 3. The fourth-order valence-corrected chi connectivity index (χ4v) is 5.67. The van der Waals surface area contributed by atoms with Crippen molar-refractivity contribution in [1.29, 1.82) is 0 Å². The molecule has 0 saturated heterocycles. The number of methoxy groups -OCH3 is 1. The number of rotatable bonds is 9. The second-order valence-corrected chi connectivity index (χ2v) is 10.3. The molecule has 10 heteroatoms. The second kappa shape index (κ2) is 12.3. The van der Waals surface area contributed by atoms with Gasteiger partial charge in [-0.1, -0.05) is 48.3 Å². The van der Waals surface area contributed by atoms with Gasteiger partial charge in [0.15, 0.2) is 4.80 Å². The van der Waals surface area contributed by atoms with E-state index in [-0.39, 0.29) is 12.2 Å². The molecule has 1 aliphatic heterocycles. The maximum atomic E-state index is 13.9. The molecule has 5 rings (SSSR count). The number of hydrogen-bond donors (Lipinski definition) is 0. The van der Waals surface area contributed by atoms with Gasteiger partial charge in [0.2, 0.25) is 0 Å². The standard InChI is InChI=1S/C32H28N2O7S/c1-5-16-40-23-12-10-20(11-13-23)28-27(31(37)39-6-2)19(3)33-32-34(28)29(35)26(42-32)18-24-14-15-25(41-24)21-8-7-9-22(17-21)30(36)38-4/h5,7-15,17-18,28H,1,6,16H2,2-4H3/b26-18-/t28-/m0/s1. The van der Waals surface area contributed by atoms with Gasteiger partial charge in [-0.2, -0.15) is 0 Å². The van der Waals surface area contributed by atoms with E-state index in [0.29, 0.717) is 61.2 Å². The molecule has 2 aromatic heterocycles. The van der Waals surface area contributed by atoms with Gasteiger partial charge in [-0.25, -0.2) is 14.6 Å². The Morgan fingerprint density at radius 1 is 1.12 bits per heavy atom. The van der Waals surface area contributed by atoms with Crippen molar-refractivity contribution in [1.82, 2.24) is 4.57 Å². The molecule has 0 saturated carbocycles. The van der Waals surface area contributed by atoms with Crippen LogP contribution in [0.4, 0.5) is 0 Å². The van der Waals surface area contributed by atoms with Crippen LogP contribution in [0.15, 0.2) is 98.8 Å². The van der Waals surface area contributed by atoms with Crippen LogP contribution in [0.25, 0.3) is 17.4 Å². The molecule has 0 unspecified atom stereocenters. The van der Waals surface area contributed by atoms with Crippen LogP contribution in [0.1, 0.15) is 41.6 Å². The van der Waals surface area contributed by atoms with Crippen molar-refractivity contribution in [3.8, 4) is 17.1 Å². The van der Waals surface area contributed by atoms with E-state index in [1.165, 1.54) is 23.0 Å². The van der Waals surface area contributed by atoms with E-state index in [2.05, 4.69) is 11.6 Å². The van der Waals surface area contributed by atoms with E-state index >= 15 is 0 Å². The average Bonchev–Trinajstić information content (AvgIpc) is 3.59. The van der Waals surface area contributed by atoms with Crippen molar-refractivity contribution >= 4 is 29.4 Å². The molecular formula is C32H28N2O7S. The maximum Gasteiger partial charge on any atom is 0.338 e. The first-order chi connectivity index (χ1) is 20.3. The molecule has 0 spiro atoms. The molecule has 0 aliphatic carbocycles. The Morgan fingerprint density at radius 3 is 2.62 bits per heavy atom. The second-order valence-electron chi connectivity index (χ2n) is 9.25. The first-order valence-corrected chi connectivity index (χ1v) is 14.0. The summed E-state index contributed by atoms with van der Waals surface area (Å²) in [5, 5.41) is 0. The molecule has 0 N–H and O–H groups in total. The zero-order chi connectivity index (χ0) is 29.8. The minimum Gasteiger partial charge on any atom is -0.490 e. The Balaban J connectivity index is 1.57. The summed E-state index contributed by atoms with van der Waals surface area (Å²) in [4.78, 5) is 44.0. The number of thiazole rings is 1. The van der Waals surface area contributed by atoms with Crippen molar-refractivity contribution < 1.29 is 28.2 Å². The molecule has 0 fully saturated rings. The molecule has 0 amide bonds. The number of aromatic nitrogens is 1. The van der Waals surface area contributed by atoms with Crippen molar-refractivity contribution in [2.24, 2.45) is 4.99 Å². The molecule has 0 radical (unpaired) electrons. The van der Waals surface area contributed by atoms with Crippen molar-refractivity contribution in [2.45, 2.75) is 19.9 Å². The van der Waals surface area contributed by atoms with Crippen LogP contribution < -0.4 is 19.6 Å². The zero-order valence-electron chi connectivity index (χ0n) is 23.3. The number of hydrogen-bond acceptors (Lipinski definition) is 9. The Kier molecular flexibility index (Phi) is 8.35. The molecule has 42 heavy (non-hydrogen) atoms. The first kappa shape index (κ1) is 28.6. The highest BCUT2D eigenvalue weighted by Crippen LogP contribution is 2.32. The summed E-state index contributed by atoms with van der Waals surface area (Å²) in [6, 6.07) is 16.9. The lowest BCUT2D eigenvalue weighted by atomic mass is 9.96. The Labute approximate surface area is 245 Å². The van der Waals surface area contributed by atoms with Gasteiger partial charge in [0, 0.05) is 11.6 Å². The third-order valence-electron chi connectivity index (χ3n) is 6.55. The number of carbonyl (C=O) groups excluding carboxylic acids is 2. The fourth-order valence-electron chi connectivity index (χ4n) is 4.64. The average molecular weight is 585 g/mol. The van der Waals surface area contributed by atoms with Crippen molar-refractivity contribution in [2.75, 3.05) is 20.3 Å². The third-order valence-corrected chi connectivity index (χ3v) is 7.53. The number of furan rings is 1. The lowest BCUT2D eigenvalue weighted by Gasteiger charge is -2.24. The van der Waals surface area contributed by atoms with E-state index in [1.54, 1.807) is 68.5 Å². The summed E-state index contributed by atoms with van der Waals surface area (Å²) in [7, 11) is 1.32. The van der Waals surface area contributed by atoms with Gasteiger partial charge in [0.1, 0.15) is 23.9 Å². The van der Waals surface area contributed by atoms with Gasteiger partial charge in [0.25, 0.3) is 5.56 Å². The van der Waals surface area contributed by atoms with Crippen LogP contribution >= 0.6 is 11.3 Å². The number of fused-ring (bicyclic) bond motifs is 1. The normalized spacial score (nSPS) is 14.6. The quantitative estimate of drug-likeness (QED) is 0.212. The highest BCUT2D eigenvalue weighted by Gasteiger charge is 2.33. The molecular weight excluding hydrogens is 556 g/mol. The summed E-state index contributed by atoms with van der Waals surface area (Å²) in [5.74, 6) is 0.623. The molecule has 1 aliphatic rings. The molecule has 214 valence electrons. The molecule has 9 nitrogen and oxygen atoms in total. The monoisotopic (exact) mass is 584 g/mol. The van der Waals surface area contributed by atoms with E-state index in [0.717, 1.165) is 0 Å². The number of carbonyl (C=O) groups is 2. The molecule has 2 aromatic carbocycles. The predicted octanol–water partition coefficient (Wildman–Crippen LogP) is 4.41. The highest BCUT2D eigenvalue weighted by molar-refractivity contribution is 7.07. The van der Waals surface area contributed by atoms with Crippen LogP contribution in [-0.2, 0) is 14.3 Å². The number of allylic oxidation sites excluding steroid dienone is 1. The Morgan fingerprint density at radius 2 is 1.90 bits per heavy atom. The van der Waals surface area contributed by atoms with Gasteiger partial charge in [0.05, 0.1) is 41.1 Å². The number of nitrogens with zero attached hydrogens (tertiary/aromatic N) is 2. The van der Waals surface area contributed by atoms with Crippen LogP contribution in [0.3, 0.4) is 0 Å². The van der Waals surface area contributed by atoms with E-state index in [4.69, 9.17) is 18.6 Å².